The Hall–Kier alpha value is -2.04. The molecule has 2 fully saturated rings. The maximum absolute atomic E-state index is 13.2. The van der Waals surface area contributed by atoms with Crippen LogP contribution in [-0.2, 0) is 9.59 Å². The summed E-state index contributed by atoms with van der Waals surface area (Å²) in [7, 11) is 0. The van der Waals surface area contributed by atoms with Crippen LogP contribution in [0.4, 0.5) is 0 Å². The van der Waals surface area contributed by atoms with Crippen molar-refractivity contribution in [3.63, 3.8) is 0 Å². The van der Waals surface area contributed by atoms with E-state index >= 15 is 0 Å². The molecule has 2 atom stereocenters. The number of piperidine rings is 1. The van der Waals surface area contributed by atoms with E-state index in [1.165, 1.54) is 0 Å². The van der Waals surface area contributed by atoms with Crippen LogP contribution in [0.2, 0.25) is 0 Å². The molecule has 0 saturated carbocycles. The van der Waals surface area contributed by atoms with Crippen LogP contribution in [0.5, 0.6) is 5.75 Å². The molecule has 2 aliphatic rings. The summed E-state index contributed by atoms with van der Waals surface area (Å²) in [5.41, 5.74) is 0.223. The maximum atomic E-state index is 13.2. The molecule has 0 aliphatic carbocycles. The van der Waals surface area contributed by atoms with Crippen LogP contribution >= 0.6 is 0 Å². The van der Waals surface area contributed by atoms with Crippen LogP contribution in [0, 0.1) is 11.3 Å². The molecule has 1 aromatic rings. The summed E-state index contributed by atoms with van der Waals surface area (Å²) < 4.78 is 5.66. The van der Waals surface area contributed by atoms with Gasteiger partial charge in [0.2, 0.25) is 11.8 Å². The lowest BCUT2D eigenvalue weighted by atomic mass is 9.86. The number of likely N-dealkylation sites (tertiary alicyclic amines) is 2. The molecule has 2 amide bonds. The van der Waals surface area contributed by atoms with Gasteiger partial charge in [-0.2, -0.15) is 0 Å². The fourth-order valence-electron chi connectivity index (χ4n) is 4.62. The number of carbonyl (C=O) groups excluding carboxylic acids is 2. The Kier molecular flexibility index (Phi) is 7.20. The van der Waals surface area contributed by atoms with E-state index in [9.17, 15) is 9.59 Å². The summed E-state index contributed by atoms with van der Waals surface area (Å²) in [5.74, 6) is 1.08. The van der Waals surface area contributed by atoms with Gasteiger partial charge in [0.25, 0.3) is 0 Å². The highest BCUT2D eigenvalue weighted by Crippen LogP contribution is 2.32. The molecule has 0 aromatic heterocycles. The van der Waals surface area contributed by atoms with Gasteiger partial charge in [0.15, 0.2) is 0 Å². The van der Waals surface area contributed by atoms with E-state index in [-0.39, 0.29) is 23.1 Å². The van der Waals surface area contributed by atoms with Crippen LogP contribution in [0.25, 0.3) is 0 Å². The number of para-hydroxylation sites is 1. The third-order valence-corrected chi connectivity index (χ3v) is 5.96. The van der Waals surface area contributed by atoms with Gasteiger partial charge in [-0.05, 0) is 49.7 Å². The van der Waals surface area contributed by atoms with Gasteiger partial charge in [-0.3, -0.25) is 9.59 Å². The maximum Gasteiger partial charge on any atom is 0.227 e. The van der Waals surface area contributed by atoms with Gasteiger partial charge in [-0.1, -0.05) is 39.0 Å². The Balaban J connectivity index is 1.50. The third kappa shape index (κ3) is 6.22. The molecule has 3 rings (SSSR count). The SMILES string of the molecule is CC(C)(C)CC1CCCN1C(=O)C1CCCN(C(=O)CCOc2ccccc2)C1. The minimum atomic E-state index is -0.0525. The molecule has 0 N–H and O–H groups in total. The molecule has 0 spiro atoms. The third-order valence-electron chi connectivity index (χ3n) is 5.96. The summed E-state index contributed by atoms with van der Waals surface area (Å²) in [6, 6.07) is 9.92. The van der Waals surface area contributed by atoms with Gasteiger partial charge in [-0.25, -0.2) is 0 Å². The van der Waals surface area contributed by atoms with Crippen LogP contribution in [0.1, 0.15) is 59.3 Å². The van der Waals surface area contributed by atoms with Crippen LogP contribution in [0.3, 0.4) is 0 Å². The molecule has 160 valence electrons. The molecule has 2 heterocycles. The lowest BCUT2D eigenvalue weighted by Crippen LogP contribution is -2.48. The second-order valence-electron chi connectivity index (χ2n) is 9.68. The number of hydrogen-bond donors (Lipinski definition) is 0. The predicted molar refractivity (Wildman–Crippen MR) is 115 cm³/mol. The molecule has 0 bridgehead atoms. The first kappa shape index (κ1) is 21.7. The highest BCUT2D eigenvalue weighted by molar-refractivity contribution is 5.82. The normalized spacial score (nSPS) is 22.6. The van der Waals surface area contributed by atoms with Crippen LogP contribution in [0.15, 0.2) is 30.3 Å². The largest absolute Gasteiger partial charge is 0.493 e. The number of benzene rings is 1. The van der Waals surface area contributed by atoms with Crippen LogP contribution < -0.4 is 4.74 Å². The molecular formula is C24H36N2O3. The standard InChI is InChI=1S/C24H36N2O3/c1-24(2,3)17-20-10-8-15-26(20)23(28)19-9-7-14-25(18-19)22(27)13-16-29-21-11-5-4-6-12-21/h4-6,11-12,19-20H,7-10,13-18H2,1-3H3. The minimum Gasteiger partial charge on any atom is -0.493 e. The summed E-state index contributed by atoms with van der Waals surface area (Å²) in [6.45, 7) is 9.28. The molecule has 2 saturated heterocycles. The van der Waals surface area contributed by atoms with Crippen molar-refractivity contribution >= 4 is 11.8 Å². The summed E-state index contributed by atoms with van der Waals surface area (Å²) >= 11 is 0. The molecule has 0 radical (unpaired) electrons. The number of rotatable bonds is 6. The van der Waals surface area contributed by atoms with Gasteiger partial charge >= 0.3 is 0 Å². The van der Waals surface area contributed by atoms with Gasteiger partial charge in [0.05, 0.1) is 18.9 Å². The van der Waals surface area contributed by atoms with Gasteiger partial charge in [0, 0.05) is 25.7 Å². The Labute approximate surface area is 175 Å². The van der Waals surface area contributed by atoms with Crippen molar-refractivity contribution in [3.05, 3.63) is 30.3 Å². The van der Waals surface area contributed by atoms with Crippen molar-refractivity contribution in [2.45, 2.75) is 65.3 Å². The number of hydrogen-bond acceptors (Lipinski definition) is 3. The monoisotopic (exact) mass is 400 g/mol. The molecule has 5 heteroatoms. The van der Waals surface area contributed by atoms with E-state index in [2.05, 4.69) is 25.7 Å². The molecule has 5 nitrogen and oxygen atoms in total. The van der Waals surface area contributed by atoms with Crippen molar-refractivity contribution in [3.8, 4) is 5.75 Å². The first-order valence-electron chi connectivity index (χ1n) is 11.1. The van der Waals surface area contributed by atoms with E-state index < -0.39 is 0 Å². The number of ether oxygens (including phenoxy) is 1. The highest BCUT2D eigenvalue weighted by Gasteiger charge is 2.37. The predicted octanol–water partition coefficient (Wildman–Crippen LogP) is 4.12. The molecule has 1 aromatic carbocycles. The van der Waals surface area contributed by atoms with E-state index in [0.29, 0.717) is 25.6 Å². The van der Waals surface area contributed by atoms with Crippen molar-refractivity contribution in [1.82, 2.24) is 9.80 Å². The Bertz CT molecular complexity index is 683. The first-order chi connectivity index (χ1) is 13.8. The lowest BCUT2D eigenvalue weighted by Gasteiger charge is -2.37. The zero-order chi connectivity index (χ0) is 20.9. The second-order valence-corrected chi connectivity index (χ2v) is 9.68. The van der Waals surface area contributed by atoms with Crippen molar-refractivity contribution < 1.29 is 14.3 Å². The molecule has 2 unspecified atom stereocenters. The number of carbonyl (C=O) groups is 2. The average molecular weight is 401 g/mol. The van der Waals surface area contributed by atoms with E-state index in [1.807, 2.05) is 35.2 Å². The fraction of sp³-hybridized carbons (Fsp3) is 0.667. The molecular weight excluding hydrogens is 364 g/mol. The zero-order valence-electron chi connectivity index (χ0n) is 18.2. The quantitative estimate of drug-likeness (QED) is 0.722. The second kappa shape index (κ2) is 9.64. The van der Waals surface area contributed by atoms with Crippen LogP contribution in [-0.4, -0.2) is 53.9 Å². The van der Waals surface area contributed by atoms with Gasteiger partial charge in [-0.15, -0.1) is 0 Å². The number of nitrogens with zero attached hydrogens (tertiary/aromatic N) is 2. The smallest absolute Gasteiger partial charge is 0.227 e. The van der Waals surface area contributed by atoms with E-state index in [1.54, 1.807) is 0 Å². The fourth-order valence-corrected chi connectivity index (χ4v) is 4.62. The lowest BCUT2D eigenvalue weighted by molar-refractivity contribution is -0.142. The Morgan fingerprint density at radius 3 is 2.52 bits per heavy atom. The highest BCUT2D eigenvalue weighted by atomic mass is 16.5. The summed E-state index contributed by atoms with van der Waals surface area (Å²) in [6.07, 6.45) is 5.40. The van der Waals surface area contributed by atoms with Crippen molar-refractivity contribution in [2.75, 3.05) is 26.2 Å². The van der Waals surface area contributed by atoms with E-state index in [4.69, 9.17) is 4.74 Å². The van der Waals surface area contributed by atoms with Crippen molar-refractivity contribution in [2.24, 2.45) is 11.3 Å². The summed E-state index contributed by atoms with van der Waals surface area (Å²) in [4.78, 5) is 29.9. The minimum absolute atomic E-state index is 0.0525. The zero-order valence-corrected chi connectivity index (χ0v) is 18.2. The van der Waals surface area contributed by atoms with E-state index in [0.717, 1.165) is 50.9 Å². The van der Waals surface area contributed by atoms with Gasteiger partial charge < -0.3 is 14.5 Å². The first-order valence-corrected chi connectivity index (χ1v) is 11.1. The topological polar surface area (TPSA) is 49.9 Å². The van der Waals surface area contributed by atoms with Crippen molar-refractivity contribution in [1.29, 1.82) is 0 Å². The number of amides is 2. The average Bonchev–Trinajstić information content (AvgIpc) is 3.14. The molecule has 2 aliphatic heterocycles. The Morgan fingerprint density at radius 1 is 1.07 bits per heavy atom. The molecule has 29 heavy (non-hydrogen) atoms. The Morgan fingerprint density at radius 2 is 1.79 bits per heavy atom. The van der Waals surface area contributed by atoms with Gasteiger partial charge in [0.1, 0.15) is 5.75 Å². The summed E-state index contributed by atoms with van der Waals surface area (Å²) in [5, 5.41) is 0.